The minimum Gasteiger partial charge on any atom is -0.480 e. The highest BCUT2D eigenvalue weighted by Gasteiger charge is 2.03. The fourth-order valence-corrected chi connectivity index (χ4v) is 1.40. The summed E-state index contributed by atoms with van der Waals surface area (Å²) >= 11 is 4.99. The molecule has 100 valence electrons. The van der Waals surface area contributed by atoms with Crippen molar-refractivity contribution in [2.45, 2.75) is 0 Å². The number of carbonyl (C=O) groups is 1. The monoisotopic (exact) mass is 277 g/mol. The van der Waals surface area contributed by atoms with Gasteiger partial charge in [0.05, 0.1) is 6.21 Å². The first-order valence-corrected chi connectivity index (χ1v) is 5.94. The Labute approximate surface area is 117 Å². The van der Waals surface area contributed by atoms with Crippen LogP contribution >= 0.6 is 12.2 Å². The van der Waals surface area contributed by atoms with E-state index >= 15 is 0 Å². The number of benzene rings is 1. The molecule has 0 bridgehead atoms. The molecule has 1 aromatic rings. The van der Waals surface area contributed by atoms with Gasteiger partial charge >= 0.3 is 5.97 Å². The topological polar surface area (TPSA) is 64.9 Å². The molecule has 0 heterocycles. The van der Waals surface area contributed by atoms with Crippen molar-refractivity contribution in [1.29, 1.82) is 0 Å². The van der Waals surface area contributed by atoms with Crippen molar-refractivity contribution < 1.29 is 9.90 Å². The van der Waals surface area contributed by atoms with Crippen LogP contribution in [0, 0.1) is 0 Å². The Bertz CT molecular complexity index is 514. The van der Waals surface area contributed by atoms with E-state index in [2.05, 4.69) is 17.0 Å². The van der Waals surface area contributed by atoms with Gasteiger partial charge < -0.3 is 10.4 Å². The molecule has 0 unspecified atom stereocenters. The molecule has 0 aliphatic carbocycles. The number of hydrogen-bond donors (Lipinski definition) is 2. The largest absolute Gasteiger partial charge is 0.480 e. The second-order valence-corrected chi connectivity index (χ2v) is 4.04. The van der Waals surface area contributed by atoms with E-state index in [-0.39, 0.29) is 11.7 Å². The van der Waals surface area contributed by atoms with Gasteiger partial charge in [-0.3, -0.25) is 4.79 Å². The second-order valence-electron chi connectivity index (χ2n) is 3.65. The Morgan fingerprint density at radius 1 is 1.53 bits per heavy atom. The van der Waals surface area contributed by atoms with Gasteiger partial charge in [0.2, 0.25) is 0 Å². The number of thiocarbonyl (C=S) groups is 1. The van der Waals surface area contributed by atoms with Crippen LogP contribution in [0.15, 0.2) is 35.9 Å². The highest BCUT2D eigenvalue weighted by atomic mass is 32.1. The summed E-state index contributed by atoms with van der Waals surface area (Å²) in [4.78, 5) is 10.4. The first kappa shape index (κ1) is 14.8. The van der Waals surface area contributed by atoms with E-state index in [4.69, 9.17) is 17.3 Å². The molecular formula is C13H15N3O2S. The molecule has 0 amide bonds. The number of rotatable bonds is 5. The number of aliphatic carboxylic acids is 1. The first-order chi connectivity index (χ1) is 9.04. The zero-order valence-electron chi connectivity index (χ0n) is 10.5. The Morgan fingerprint density at radius 3 is 2.74 bits per heavy atom. The summed E-state index contributed by atoms with van der Waals surface area (Å²) < 4.78 is 0. The van der Waals surface area contributed by atoms with Gasteiger partial charge in [0.15, 0.2) is 5.11 Å². The zero-order chi connectivity index (χ0) is 14.3. The van der Waals surface area contributed by atoms with Gasteiger partial charge in [-0.15, -0.1) is 0 Å². The molecule has 1 rings (SSSR count). The minimum atomic E-state index is -0.975. The first-order valence-electron chi connectivity index (χ1n) is 5.53. The van der Waals surface area contributed by atoms with Crippen LogP contribution in [0.4, 0.5) is 0 Å². The van der Waals surface area contributed by atoms with Crippen molar-refractivity contribution in [3.8, 4) is 0 Å². The minimum absolute atomic E-state index is 0.234. The molecule has 5 nitrogen and oxygen atoms in total. The molecule has 0 radical (unpaired) electrons. The van der Waals surface area contributed by atoms with Crippen LogP contribution in [0.25, 0.3) is 6.08 Å². The molecule has 19 heavy (non-hydrogen) atoms. The number of carboxylic acids is 1. The Balaban J connectivity index is 2.67. The van der Waals surface area contributed by atoms with E-state index in [0.29, 0.717) is 0 Å². The quantitative estimate of drug-likeness (QED) is 0.486. The molecule has 0 atom stereocenters. The molecule has 0 fully saturated rings. The third-order valence-corrected chi connectivity index (χ3v) is 2.68. The predicted molar refractivity (Wildman–Crippen MR) is 80.1 cm³/mol. The Hall–Kier alpha value is -2.21. The summed E-state index contributed by atoms with van der Waals surface area (Å²) in [5, 5.41) is 16.9. The lowest BCUT2D eigenvalue weighted by molar-refractivity contribution is -0.135. The van der Waals surface area contributed by atoms with E-state index < -0.39 is 5.97 Å². The standard InChI is InChI=1S/C13H15N3O2S/c1-3-10-6-4-5-7-11(10)8-15-16(2)13(19)14-9-12(17)18/h3-8H,1,9H2,2H3,(H,14,19)(H,17,18)/b15-8+. The van der Waals surface area contributed by atoms with Crippen LogP contribution in [0.5, 0.6) is 0 Å². The number of hydrogen-bond acceptors (Lipinski definition) is 3. The van der Waals surface area contributed by atoms with Gasteiger partial charge in [0, 0.05) is 12.6 Å². The molecule has 2 N–H and O–H groups in total. The van der Waals surface area contributed by atoms with E-state index in [1.54, 1.807) is 19.3 Å². The molecular weight excluding hydrogens is 262 g/mol. The maximum absolute atomic E-state index is 10.4. The van der Waals surface area contributed by atoms with Gasteiger partial charge in [-0.05, 0) is 17.8 Å². The average Bonchev–Trinajstić information content (AvgIpc) is 2.42. The molecule has 0 aliphatic heterocycles. The summed E-state index contributed by atoms with van der Waals surface area (Å²) in [6, 6.07) is 7.64. The summed E-state index contributed by atoms with van der Waals surface area (Å²) in [6.07, 6.45) is 3.38. The lowest BCUT2D eigenvalue weighted by Gasteiger charge is -2.14. The molecule has 0 saturated heterocycles. The summed E-state index contributed by atoms with van der Waals surface area (Å²) in [7, 11) is 1.64. The summed E-state index contributed by atoms with van der Waals surface area (Å²) in [6.45, 7) is 3.49. The fraction of sp³-hybridized carbons (Fsp3) is 0.154. The third-order valence-electron chi connectivity index (χ3n) is 2.27. The number of nitrogens with zero attached hydrogens (tertiary/aromatic N) is 2. The number of nitrogens with one attached hydrogen (secondary N) is 1. The zero-order valence-corrected chi connectivity index (χ0v) is 11.4. The lowest BCUT2D eigenvalue weighted by Crippen LogP contribution is -2.36. The van der Waals surface area contributed by atoms with Gasteiger partial charge in [0.25, 0.3) is 0 Å². The SMILES string of the molecule is C=Cc1ccccc1/C=N/N(C)C(=S)NCC(=O)O. The number of hydrazone groups is 1. The normalized spacial score (nSPS) is 10.2. The van der Waals surface area contributed by atoms with Crippen LogP contribution in [0.3, 0.4) is 0 Å². The predicted octanol–water partition coefficient (Wildman–Crippen LogP) is 1.55. The molecule has 0 aliphatic rings. The average molecular weight is 277 g/mol. The van der Waals surface area contributed by atoms with Crippen LogP contribution in [0.2, 0.25) is 0 Å². The maximum Gasteiger partial charge on any atom is 0.322 e. The van der Waals surface area contributed by atoms with Crippen molar-refractivity contribution >= 4 is 35.6 Å². The van der Waals surface area contributed by atoms with Gasteiger partial charge in [-0.2, -0.15) is 5.10 Å². The van der Waals surface area contributed by atoms with Crippen molar-refractivity contribution in [3.05, 3.63) is 42.0 Å². The smallest absolute Gasteiger partial charge is 0.322 e. The van der Waals surface area contributed by atoms with Crippen LogP contribution in [-0.4, -0.2) is 41.0 Å². The maximum atomic E-state index is 10.4. The van der Waals surface area contributed by atoms with Crippen LogP contribution in [0.1, 0.15) is 11.1 Å². The molecule has 0 saturated carbocycles. The highest BCUT2D eigenvalue weighted by Crippen LogP contribution is 2.07. The van der Waals surface area contributed by atoms with Crippen molar-refractivity contribution in [3.63, 3.8) is 0 Å². The van der Waals surface area contributed by atoms with E-state index in [1.807, 2.05) is 24.3 Å². The third kappa shape index (κ3) is 4.89. The van der Waals surface area contributed by atoms with Crippen LogP contribution < -0.4 is 5.32 Å². The molecule has 6 heteroatoms. The second kappa shape index (κ2) is 7.27. The van der Waals surface area contributed by atoms with Gasteiger partial charge in [-0.25, -0.2) is 5.01 Å². The summed E-state index contributed by atoms with van der Waals surface area (Å²) in [5.41, 5.74) is 1.87. The lowest BCUT2D eigenvalue weighted by atomic mass is 10.1. The van der Waals surface area contributed by atoms with E-state index in [9.17, 15) is 4.79 Å². The Morgan fingerprint density at radius 2 is 2.16 bits per heavy atom. The fourth-order valence-electron chi connectivity index (χ4n) is 1.28. The van der Waals surface area contributed by atoms with Gasteiger partial charge in [-0.1, -0.05) is 36.9 Å². The number of carboxylic acid groups (broad SMARTS) is 1. The van der Waals surface area contributed by atoms with Crippen molar-refractivity contribution in [1.82, 2.24) is 10.3 Å². The highest BCUT2D eigenvalue weighted by molar-refractivity contribution is 7.80. The molecule has 0 spiro atoms. The van der Waals surface area contributed by atoms with Crippen LogP contribution in [-0.2, 0) is 4.79 Å². The Kier molecular flexibility index (Phi) is 5.69. The van der Waals surface area contributed by atoms with Crippen molar-refractivity contribution in [2.75, 3.05) is 13.6 Å². The molecule has 0 aromatic heterocycles. The van der Waals surface area contributed by atoms with E-state index in [1.165, 1.54) is 5.01 Å². The molecule has 1 aromatic carbocycles. The summed E-state index contributed by atoms with van der Waals surface area (Å²) in [5.74, 6) is -0.975. The van der Waals surface area contributed by atoms with Crippen molar-refractivity contribution in [2.24, 2.45) is 5.10 Å². The van der Waals surface area contributed by atoms with E-state index in [0.717, 1.165) is 11.1 Å². The van der Waals surface area contributed by atoms with Gasteiger partial charge in [0.1, 0.15) is 6.54 Å².